The molecule has 0 bridgehead atoms. The second-order valence-corrected chi connectivity index (χ2v) is 7.21. The number of aryl methyl sites for hydroxylation is 1. The number of methoxy groups -OCH3 is 1. The molecule has 1 atom stereocenters. The Morgan fingerprint density at radius 2 is 1.90 bits per heavy atom. The Bertz CT molecular complexity index is 1090. The number of nitrogens with one attached hydrogen (secondary N) is 1. The average Bonchev–Trinajstić information content (AvgIpc) is 3.36. The molecule has 0 fully saturated rings. The van der Waals surface area contributed by atoms with Gasteiger partial charge in [-0.05, 0) is 31.5 Å². The van der Waals surface area contributed by atoms with Gasteiger partial charge in [-0.25, -0.2) is 0 Å². The van der Waals surface area contributed by atoms with Gasteiger partial charge in [-0.2, -0.15) is 5.10 Å². The van der Waals surface area contributed by atoms with Crippen molar-refractivity contribution in [1.82, 2.24) is 9.78 Å². The molecular weight excluding hydrogens is 380 g/mol. The molecule has 0 radical (unpaired) electrons. The maximum absolute atomic E-state index is 12.8. The highest BCUT2D eigenvalue weighted by atomic mass is 16.6. The van der Waals surface area contributed by atoms with E-state index < -0.39 is 6.10 Å². The first-order chi connectivity index (χ1) is 14.6. The molecule has 7 heteroatoms. The smallest absolute Gasteiger partial charge is 0.268 e. The Morgan fingerprint density at radius 1 is 1.17 bits per heavy atom. The number of para-hydroxylation sites is 1. The van der Waals surface area contributed by atoms with Gasteiger partial charge in [-0.1, -0.05) is 47.6 Å². The number of anilines is 1. The largest absolute Gasteiger partial charge is 0.496 e. The third kappa shape index (κ3) is 3.91. The van der Waals surface area contributed by atoms with Gasteiger partial charge in [0.05, 0.1) is 36.4 Å². The molecule has 1 aromatic heterocycles. The number of rotatable bonds is 6. The standard InChI is InChI=1S/C23H24N4O3/c1-15-22(16(2)27(25-15)14-17-9-5-4-6-10-17)24-23(28)21-13-19(26-30-21)18-11-7-8-12-20(18)29-3/h4-12,21H,13-14H2,1-3H3,(H,24,28). The van der Waals surface area contributed by atoms with E-state index in [4.69, 9.17) is 9.57 Å². The average molecular weight is 404 g/mol. The van der Waals surface area contributed by atoms with Crippen LogP contribution in [-0.4, -0.2) is 34.6 Å². The SMILES string of the molecule is COc1ccccc1C1=NOC(C(=O)Nc2c(C)nn(Cc3ccccc3)c2C)C1. The van der Waals surface area contributed by atoms with Crippen LogP contribution in [0.25, 0.3) is 0 Å². The molecule has 1 aliphatic heterocycles. The van der Waals surface area contributed by atoms with Crippen LogP contribution in [0.1, 0.15) is 28.9 Å². The van der Waals surface area contributed by atoms with Gasteiger partial charge in [0.1, 0.15) is 5.75 Å². The number of nitrogens with zero attached hydrogens (tertiary/aromatic N) is 3. The summed E-state index contributed by atoms with van der Waals surface area (Å²) in [6.45, 7) is 4.48. The molecular formula is C23H24N4O3. The number of oxime groups is 1. The number of amides is 1. The van der Waals surface area contributed by atoms with E-state index in [2.05, 4.69) is 27.7 Å². The van der Waals surface area contributed by atoms with E-state index in [0.29, 0.717) is 30.1 Å². The maximum atomic E-state index is 12.8. The van der Waals surface area contributed by atoms with Crippen LogP contribution in [0.5, 0.6) is 5.75 Å². The molecule has 3 aromatic rings. The van der Waals surface area contributed by atoms with Gasteiger partial charge in [0.2, 0.25) is 6.10 Å². The predicted molar refractivity (Wildman–Crippen MR) is 115 cm³/mol. The van der Waals surface area contributed by atoms with Crippen molar-refractivity contribution in [3.63, 3.8) is 0 Å². The van der Waals surface area contributed by atoms with Gasteiger partial charge in [0.15, 0.2) is 0 Å². The molecule has 1 unspecified atom stereocenters. The van der Waals surface area contributed by atoms with Crippen LogP contribution in [0.2, 0.25) is 0 Å². The van der Waals surface area contributed by atoms with Crippen molar-refractivity contribution < 1.29 is 14.4 Å². The lowest BCUT2D eigenvalue weighted by molar-refractivity contribution is -0.125. The summed E-state index contributed by atoms with van der Waals surface area (Å²) in [5, 5.41) is 11.7. The van der Waals surface area contributed by atoms with Gasteiger partial charge in [0, 0.05) is 12.0 Å². The van der Waals surface area contributed by atoms with E-state index in [-0.39, 0.29) is 5.91 Å². The molecule has 4 rings (SSSR count). The summed E-state index contributed by atoms with van der Waals surface area (Å²) in [7, 11) is 1.61. The Labute approximate surface area is 175 Å². The Hall–Kier alpha value is -3.61. The highest BCUT2D eigenvalue weighted by Crippen LogP contribution is 2.26. The first-order valence-electron chi connectivity index (χ1n) is 9.81. The Morgan fingerprint density at radius 3 is 2.67 bits per heavy atom. The number of benzene rings is 2. The normalized spacial score (nSPS) is 15.4. The topological polar surface area (TPSA) is 77.7 Å². The third-order valence-corrected chi connectivity index (χ3v) is 5.18. The van der Waals surface area contributed by atoms with E-state index in [0.717, 1.165) is 22.5 Å². The zero-order valence-electron chi connectivity index (χ0n) is 17.3. The van der Waals surface area contributed by atoms with Crippen molar-refractivity contribution in [2.45, 2.75) is 32.9 Å². The highest BCUT2D eigenvalue weighted by Gasteiger charge is 2.31. The number of carbonyl (C=O) groups excluding carboxylic acids is 1. The van der Waals surface area contributed by atoms with Crippen molar-refractivity contribution >= 4 is 17.3 Å². The van der Waals surface area contributed by atoms with Gasteiger partial charge < -0.3 is 14.9 Å². The Kier molecular flexibility index (Phi) is 5.52. The molecule has 2 aromatic carbocycles. The molecule has 2 heterocycles. The number of aromatic nitrogens is 2. The fourth-order valence-electron chi connectivity index (χ4n) is 3.55. The molecule has 1 N–H and O–H groups in total. The zero-order chi connectivity index (χ0) is 21.1. The van der Waals surface area contributed by atoms with Crippen LogP contribution in [0, 0.1) is 13.8 Å². The monoisotopic (exact) mass is 404 g/mol. The minimum Gasteiger partial charge on any atom is -0.496 e. The lowest BCUT2D eigenvalue weighted by Gasteiger charge is -2.11. The summed E-state index contributed by atoms with van der Waals surface area (Å²) in [5.74, 6) is 0.462. The number of hydrogen-bond donors (Lipinski definition) is 1. The predicted octanol–water partition coefficient (Wildman–Crippen LogP) is 3.69. The third-order valence-electron chi connectivity index (χ3n) is 5.18. The van der Waals surface area contributed by atoms with Crippen molar-refractivity contribution in [1.29, 1.82) is 0 Å². The van der Waals surface area contributed by atoms with Crippen LogP contribution >= 0.6 is 0 Å². The molecule has 0 saturated carbocycles. The first kappa shape index (κ1) is 19.7. The zero-order valence-corrected chi connectivity index (χ0v) is 17.3. The lowest BCUT2D eigenvalue weighted by atomic mass is 10.0. The van der Waals surface area contributed by atoms with Gasteiger partial charge in [0.25, 0.3) is 5.91 Å². The Balaban J connectivity index is 1.45. The number of ether oxygens (including phenoxy) is 1. The van der Waals surface area contributed by atoms with Crippen LogP contribution in [0.4, 0.5) is 5.69 Å². The summed E-state index contributed by atoms with van der Waals surface area (Å²) in [6.07, 6.45) is -0.316. The summed E-state index contributed by atoms with van der Waals surface area (Å²) in [4.78, 5) is 18.3. The van der Waals surface area contributed by atoms with E-state index in [1.807, 2.05) is 61.0 Å². The molecule has 30 heavy (non-hydrogen) atoms. The summed E-state index contributed by atoms with van der Waals surface area (Å²) < 4.78 is 7.28. The maximum Gasteiger partial charge on any atom is 0.268 e. The molecule has 7 nitrogen and oxygen atoms in total. The van der Waals surface area contributed by atoms with Crippen LogP contribution < -0.4 is 10.1 Å². The number of hydrogen-bond acceptors (Lipinski definition) is 5. The molecule has 0 spiro atoms. The second kappa shape index (κ2) is 8.41. The van der Waals surface area contributed by atoms with Gasteiger partial charge in [-0.3, -0.25) is 9.48 Å². The first-order valence-corrected chi connectivity index (χ1v) is 9.81. The van der Waals surface area contributed by atoms with Gasteiger partial charge >= 0.3 is 0 Å². The minimum atomic E-state index is -0.693. The van der Waals surface area contributed by atoms with Crippen molar-refractivity contribution in [2.75, 3.05) is 12.4 Å². The van der Waals surface area contributed by atoms with E-state index in [1.165, 1.54) is 0 Å². The highest BCUT2D eigenvalue weighted by molar-refractivity contribution is 6.07. The van der Waals surface area contributed by atoms with Crippen LogP contribution in [0.15, 0.2) is 59.8 Å². The quantitative estimate of drug-likeness (QED) is 0.680. The van der Waals surface area contributed by atoms with Crippen molar-refractivity contribution in [3.8, 4) is 5.75 Å². The number of carbonyl (C=O) groups is 1. The van der Waals surface area contributed by atoms with E-state index >= 15 is 0 Å². The molecule has 0 saturated heterocycles. The lowest BCUT2D eigenvalue weighted by Crippen LogP contribution is -2.28. The summed E-state index contributed by atoms with van der Waals surface area (Å²) in [5.41, 5.74) is 5.05. The summed E-state index contributed by atoms with van der Waals surface area (Å²) in [6, 6.07) is 17.7. The van der Waals surface area contributed by atoms with Crippen LogP contribution in [0.3, 0.4) is 0 Å². The second-order valence-electron chi connectivity index (χ2n) is 7.21. The van der Waals surface area contributed by atoms with Crippen LogP contribution in [-0.2, 0) is 16.2 Å². The fraction of sp³-hybridized carbons (Fsp3) is 0.261. The van der Waals surface area contributed by atoms with Gasteiger partial charge in [-0.15, -0.1) is 0 Å². The molecule has 1 aliphatic rings. The van der Waals surface area contributed by atoms with Crippen molar-refractivity contribution in [3.05, 3.63) is 77.1 Å². The summed E-state index contributed by atoms with van der Waals surface area (Å²) >= 11 is 0. The molecule has 0 aliphatic carbocycles. The van der Waals surface area contributed by atoms with E-state index in [9.17, 15) is 4.79 Å². The molecule has 154 valence electrons. The molecule has 1 amide bonds. The fourth-order valence-corrected chi connectivity index (χ4v) is 3.55. The minimum absolute atomic E-state index is 0.242. The van der Waals surface area contributed by atoms with Crippen molar-refractivity contribution in [2.24, 2.45) is 5.16 Å². The van der Waals surface area contributed by atoms with E-state index in [1.54, 1.807) is 7.11 Å².